The molecular formula is C12H16N2O7S. The SMILES string of the molecule is COc1cc(S(=O)(=O)N(CC(=O)O)C(C)C)ccc1[N+](=O)[O-]. The number of ether oxygens (including phenoxy) is 1. The minimum absolute atomic E-state index is 0.217. The van der Waals surface area contributed by atoms with Gasteiger partial charge >= 0.3 is 11.7 Å². The third-order valence-corrected chi connectivity index (χ3v) is 4.84. The summed E-state index contributed by atoms with van der Waals surface area (Å²) in [5, 5.41) is 19.7. The molecule has 0 radical (unpaired) electrons. The highest BCUT2D eigenvalue weighted by Crippen LogP contribution is 2.30. The number of benzene rings is 1. The van der Waals surface area contributed by atoms with E-state index in [1.54, 1.807) is 0 Å². The molecule has 0 saturated heterocycles. The molecular weight excluding hydrogens is 316 g/mol. The number of aliphatic carboxylic acids is 1. The average Bonchev–Trinajstić information content (AvgIpc) is 2.43. The summed E-state index contributed by atoms with van der Waals surface area (Å²) >= 11 is 0. The van der Waals surface area contributed by atoms with Gasteiger partial charge in [-0.25, -0.2) is 8.42 Å². The fourth-order valence-corrected chi connectivity index (χ4v) is 3.39. The van der Waals surface area contributed by atoms with Gasteiger partial charge in [-0.15, -0.1) is 0 Å². The summed E-state index contributed by atoms with van der Waals surface area (Å²) in [5.74, 6) is -1.52. The van der Waals surface area contributed by atoms with E-state index in [1.807, 2.05) is 0 Å². The molecule has 0 aliphatic carbocycles. The van der Waals surface area contributed by atoms with Crippen LogP contribution < -0.4 is 4.74 Å². The second kappa shape index (κ2) is 6.71. The lowest BCUT2D eigenvalue weighted by atomic mass is 10.3. The fourth-order valence-electron chi connectivity index (χ4n) is 1.78. The first kappa shape index (κ1) is 17.9. The number of methoxy groups -OCH3 is 1. The molecule has 22 heavy (non-hydrogen) atoms. The lowest BCUT2D eigenvalue weighted by Crippen LogP contribution is -2.40. The van der Waals surface area contributed by atoms with Crippen LogP contribution in [0.3, 0.4) is 0 Å². The van der Waals surface area contributed by atoms with Crippen LogP contribution in [0, 0.1) is 10.1 Å². The monoisotopic (exact) mass is 332 g/mol. The van der Waals surface area contributed by atoms with E-state index < -0.39 is 33.5 Å². The largest absolute Gasteiger partial charge is 0.490 e. The highest BCUT2D eigenvalue weighted by atomic mass is 32.2. The van der Waals surface area contributed by atoms with Gasteiger partial charge in [-0.1, -0.05) is 0 Å². The van der Waals surface area contributed by atoms with Crippen LogP contribution in [0.1, 0.15) is 13.8 Å². The molecule has 0 heterocycles. The predicted molar refractivity (Wildman–Crippen MR) is 76.3 cm³/mol. The molecule has 0 bridgehead atoms. The van der Waals surface area contributed by atoms with Crippen molar-refractivity contribution in [1.82, 2.24) is 4.31 Å². The molecule has 1 rings (SSSR count). The van der Waals surface area contributed by atoms with E-state index in [4.69, 9.17) is 9.84 Å². The van der Waals surface area contributed by atoms with Crippen molar-refractivity contribution in [3.63, 3.8) is 0 Å². The Morgan fingerprint density at radius 3 is 2.45 bits per heavy atom. The lowest BCUT2D eigenvalue weighted by molar-refractivity contribution is -0.385. The maximum Gasteiger partial charge on any atom is 0.318 e. The number of carbonyl (C=O) groups is 1. The van der Waals surface area contributed by atoms with Crippen LogP contribution in [0.25, 0.3) is 0 Å². The smallest absolute Gasteiger partial charge is 0.318 e. The molecule has 9 nitrogen and oxygen atoms in total. The minimum Gasteiger partial charge on any atom is -0.490 e. The maximum atomic E-state index is 12.5. The lowest BCUT2D eigenvalue weighted by Gasteiger charge is -2.24. The maximum absolute atomic E-state index is 12.5. The average molecular weight is 332 g/mol. The summed E-state index contributed by atoms with van der Waals surface area (Å²) in [6, 6.07) is 2.46. The molecule has 0 unspecified atom stereocenters. The second-order valence-corrected chi connectivity index (χ2v) is 6.52. The van der Waals surface area contributed by atoms with Gasteiger partial charge in [0, 0.05) is 18.2 Å². The number of nitro benzene ring substituents is 1. The molecule has 0 aliphatic rings. The van der Waals surface area contributed by atoms with Gasteiger partial charge in [-0.2, -0.15) is 4.31 Å². The zero-order valence-corrected chi connectivity index (χ0v) is 13.0. The van der Waals surface area contributed by atoms with E-state index in [2.05, 4.69) is 0 Å². The number of hydrogen-bond acceptors (Lipinski definition) is 6. The molecule has 0 spiro atoms. The van der Waals surface area contributed by atoms with Gasteiger partial charge in [-0.3, -0.25) is 14.9 Å². The van der Waals surface area contributed by atoms with Gasteiger partial charge in [0.1, 0.15) is 6.54 Å². The molecule has 10 heteroatoms. The molecule has 0 saturated carbocycles. The first-order valence-corrected chi connectivity index (χ1v) is 7.61. The van der Waals surface area contributed by atoms with Crippen LogP contribution >= 0.6 is 0 Å². The van der Waals surface area contributed by atoms with Gasteiger partial charge < -0.3 is 9.84 Å². The van der Waals surface area contributed by atoms with Crippen LogP contribution in [0.4, 0.5) is 5.69 Å². The summed E-state index contributed by atoms with van der Waals surface area (Å²) in [4.78, 5) is 20.7. The van der Waals surface area contributed by atoms with Crippen molar-refractivity contribution >= 4 is 21.7 Å². The van der Waals surface area contributed by atoms with Crippen molar-refractivity contribution in [1.29, 1.82) is 0 Å². The van der Waals surface area contributed by atoms with Gasteiger partial charge in [0.2, 0.25) is 10.0 Å². The Kier molecular flexibility index (Phi) is 5.44. The quantitative estimate of drug-likeness (QED) is 0.584. The molecule has 1 aromatic carbocycles. The molecule has 122 valence electrons. The third kappa shape index (κ3) is 3.71. The van der Waals surface area contributed by atoms with E-state index in [9.17, 15) is 23.3 Å². The molecule has 1 N–H and O–H groups in total. The van der Waals surface area contributed by atoms with Crippen molar-refractivity contribution in [2.45, 2.75) is 24.8 Å². The van der Waals surface area contributed by atoms with Crippen molar-refractivity contribution in [3.05, 3.63) is 28.3 Å². The number of rotatable bonds is 7. The highest BCUT2D eigenvalue weighted by molar-refractivity contribution is 7.89. The topological polar surface area (TPSA) is 127 Å². The van der Waals surface area contributed by atoms with E-state index >= 15 is 0 Å². The van der Waals surface area contributed by atoms with Crippen LogP contribution in [0.15, 0.2) is 23.1 Å². The molecule has 0 atom stereocenters. The van der Waals surface area contributed by atoms with E-state index in [0.717, 1.165) is 22.5 Å². The molecule has 0 aliphatic heterocycles. The van der Waals surface area contributed by atoms with Gasteiger partial charge in [0.15, 0.2) is 5.75 Å². The van der Waals surface area contributed by atoms with Crippen LogP contribution in [0.2, 0.25) is 0 Å². The van der Waals surface area contributed by atoms with Crippen molar-refractivity contribution < 1.29 is 28.0 Å². The predicted octanol–water partition coefficient (Wildman–Crippen LogP) is 1.09. The Bertz CT molecular complexity index is 685. The summed E-state index contributed by atoms with van der Waals surface area (Å²) < 4.78 is 30.6. The highest BCUT2D eigenvalue weighted by Gasteiger charge is 2.30. The Balaban J connectivity index is 3.38. The number of nitrogens with zero attached hydrogens (tertiary/aromatic N) is 2. The third-order valence-electron chi connectivity index (χ3n) is 2.82. The zero-order valence-electron chi connectivity index (χ0n) is 12.2. The molecule has 0 fully saturated rings. The first-order valence-electron chi connectivity index (χ1n) is 6.17. The summed E-state index contributed by atoms with van der Waals surface area (Å²) in [5.41, 5.74) is -0.379. The normalized spacial score (nSPS) is 11.7. The Labute approximate surface area is 127 Å². The summed E-state index contributed by atoms with van der Waals surface area (Å²) in [7, 11) is -2.94. The van der Waals surface area contributed by atoms with Crippen LogP contribution in [-0.4, -0.2) is 48.4 Å². The van der Waals surface area contributed by atoms with Crippen molar-refractivity contribution in [2.75, 3.05) is 13.7 Å². The van der Waals surface area contributed by atoms with Crippen LogP contribution in [0.5, 0.6) is 5.75 Å². The Hall–Kier alpha value is -2.20. The zero-order chi connectivity index (χ0) is 17.1. The number of carboxylic acids is 1. The van der Waals surface area contributed by atoms with Gasteiger partial charge in [0.05, 0.1) is 16.9 Å². The fraction of sp³-hybridized carbons (Fsp3) is 0.417. The Morgan fingerprint density at radius 1 is 1.45 bits per heavy atom. The van der Waals surface area contributed by atoms with Crippen molar-refractivity contribution in [3.8, 4) is 5.75 Å². The Morgan fingerprint density at radius 2 is 2.05 bits per heavy atom. The van der Waals surface area contributed by atoms with E-state index in [0.29, 0.717) is 0 Å². The molecule has 1 aromatic rings. The van der Waals surface area contributed by atoms with E-state index in [1.165, 1.54) is 21.0 Å². The first-order chi connectivity index (χ1) is 10.1. The standard InChI is InChI=1S/C12H16N2O7S/c1-8(2)13(7-12(15)16)22(19,20)9-4-5-10(14(17)18)11(6-9)21-3/h4-6,8H,7H2,1-3H3,(H,15,16). The van der Waals surface area contributed by atoms with Gasteiger partial charge in [0.25, 0.3) is 0 Å². The minimum atomic E-state index is -4.12. The molecule has 0 aromatic heterocycles. The van der Waals surface area contributed by atoms with Crippen LogP contribution in [-0.2, 0) is 14.8 Å². The summed E-state index contributed by atoms with van der Waals surface area (Å²) in [6.07, 6.45) is 0. The molecule has 0 amide bonds. The van der Waals surface area contributed by atoms with Gasteiger partial charge in [-0.05, 0) is 19.9 Å². The number of nitro groups is 1. The summed E-state index contributed by atoms with van der Waals surface area (Å²) in [6.45, 7) is 2.35. The second-order valence-electron chi connectivity index (χ2n) is 4.63. The number of hydrogen-bond donors (Lipinski definition) is 1. The van der Waals surface area contributed by atoms with Crippen molar-refractivity contribution in [2.24, 2.45) is 0 Å². The van der Waals surface area contributed by atoms with E-state index in [-0.39, 0.29) is 16.3 Å². The number of carboxylic acid groups (broad SMARTS) is 1. The number of sulfonamides is 1.